The Morgan fingerprint density at radius 3 is 2.39 bits per heavy atom. The second-order valence-corrected chi connectivity index (χ2v) is 7.22. The van der Waals surface area contributed by atoms with Gasteiger partial charge in [-0.25, -0.2) is 0 Å². The van der Waals surface area contributed by atoms with Crippen molar-refractivity contribution in [3.63, 3.8) is 0 Å². The summed E-state index contributed by atoms with van der Waals surface area (Å²) in [5.41, 5.74) is 5.96. The molecule has 0 unspecified atom stereocenters. The smallest absolute Gasteiger partial charge is 0.0942 e. The van der Waals surface area contributed by atoms with Gasteiger partial charge in [0.1, 0.15) is 0 Å². The fraction of sp³-hybridized carbons (Fsp3) is 0.217. The van der Waals surface area contributed by atoms with Gasteiger partial charge in [-0.2, -0.15) is 0 Å². The van der Waals surface area contributed by atoms with Crippen LogP contribution in [-0.4, -0.2) is 40.7 Å². The molecule has 4 aromatic rings. The highest BCUT2D eigenvalue weighted by Crippen LogP contribution is 2.34. The molecule has 0 bridgehead atoms. The molecular formula is C23H23N5. The van der Waals surface area contributed by atoms with Crippen LogP contribution in [0.3, 0.4) is 0 Å². The zero-order valence-corrected chi connectivity index (χ0v) is 16.0. The second kappa shape index (κ2) is 7.00. The fourth-order valence-corrected chi connectivity index (χ4v) is 4.13. The number of fused-ring (bicyclic) bond motifs is 1. The van der Waals surface area contributed by atoms with E-state index in [4.69, 9.17) is 4.98 Å². The number of benzene rings is 1. The maximum Gasteiger partial charge on any atom is 0.0942 e. The number of hydrogen-bond donors (Lipinski definition) is 0. The third-order valence-corrected chi connectivity index (χ3v) is 5.62. The second-order valence-electron chi connectivity index (χ2n) is 7.22. The Labute approximate surface area is 164 Å². The highest BCUT2D eigenvalue weighted by Gasteiger charge is 2.21. The van der Waals surface area contributed by atoms with E-state index in [0.717, 1.165) is 31.9 Å². The molecule has 4 heterocycles. The van der Waals surface area contributed by atoms with E-state index in [-0.39, 0.29) is 0 Å². The van der Waals surface area contributed by atoms with Gasteiger partial charge in [0.15, 0.2) is 0 Å². The van der Waals surface area contributed by atoms with Gasteiger partial charge < -0.3 is 14.4 Å². The van der Waals surface area contributed by atoms with Gasteiger partial charge >= 0.3 is 0 Å². The van der Waals surface area contributed by atoms with Crippen LogP contribution in [0.2, 0.25) is 0 Å². The lowest BCUT2D eigenvalue weighted by Gasteiger charge is -2.37. The molecule has 0 saturated carbocycles. The third-order valence-electron chi connectivity index (χ3n) is 5.62. The van der Waals surface area contributed by atoms with Crippen molar-refractivity contribution in [2.45, 2.75) is 0 Å². The summed E-state index contributed by atoms with van der Waals surface area (Å²) in [4.78, 5) is 13.8. The van der Waals surface area contributed by atoms with E-state index in [1.54, 1.807) is 0 Å². The number of aromatic nitrogens is 3. The van der Waals surface area contributed by atoms with Gasteiger partial charge in [0.05, 0.1) is 11.4 Å². The molecule has 0 amide bonds. The van der Waals surface area contributed by atoms with Crippen LogP contribution in [0.4, 0.5) is 11.4 Å². The van der Waals surface area contributed by atoms with Crippen molar-refractivity contribution >= 4 is 22.3 Å². The topological polar surface area (TPSA) is 37.2 Å². The summed E-state index contributed by atoms with van der Waals surface area (Å²) >= 11 is 0. The first-order valence-corrected chi connectivity index (χ1v) is 9.70. The number of hydrogen-bond acceptors (Lipinski definition) is 4. The standard InChI is InChI=1S/C23H23N5/c1-26-13-9-19-20(4-2-5-21(19)26)23-22(6-3-10-25-23)28-16-14-27(15-17-28)18-7-11-24-12-8-18/h2-13H,14-17H2,1H3. The third kappa shape index (κ3) is 2.89. The highest BCUT2D eigenvalue weighted by molar-refractivity contribution is 5.97. The Morgan fingerprint density at radius 1 is 0.786 bits per heavy atom. The molecule has 28 heavy (non-hydrogen) atoms. The van der Waals surface area contributed by atoms with Crippen LogP contribution >= 0.6 is 0 Å². The zero-order chi connectivity index (χ0) is 18.9. The molecule has 1 fully saturated rings. The van der Waals surface area contributed by atoms with Crippen LogP contribution in [0.25, 0.3) is 22.2 Å². The SMILES string of the molecule is Cn1ccc2c(-c3ncccc3N3CCN(c4ccncc4)CC3)cccc21. The molecule has 1 saturated heterocycles. The van der Waals surface area contributed by atoms with Crippen LogP contribution in [0, 0.1) is 0 Å². The van der Waals surface area contributed by atoms with Crippen molar-refractivity contribution in [3.8, 4) is 11.3 Å². The van der Waals surface area contributed by atoms with E-state index in [0.29, 0.717) is 0 Å². The van der Waals surface area contributed by atoms with Crippen LogP contribution in [-0.2, 0) is 7.05 Å². The van der Waals surface area contributed by atoms with Gasteiger partial charge in [-0.05, 0) is 36.4 Å². The summed E-state index contributed by atoms with van der Waals surface area (Å²) in [5.74, 6) is 0. The number of nitrogens with zero attached hydrogens (tertiary/aromatic N) is 5. The predicted molar refractivity (Wildman–Crippen MR) is 115 cm³/mol. The van der Waals surface area contributed by atoms with Crippen molar-refractivity contribution in [2.75, 3.05) is 36.0 Å². The largest absolute Gasteiger partial charge is 0.368 e. The zero-order valence-electron chi connectivity index (χ0n) is 16.0. The number of anilines is 2. The molecular weight excluding hydrogens is 346 g/mol. The van der Waals surface area contributed by atoms with E-state index >= 15 is 0 Å². The number of pyridine rings is 2. The summed E-state index contributed by atoms with van der Waals surface area (Å²) in [7, 11) is 2.09. The first-order valence-electron chi connectivity index (χ1n) is 9.70. The average Bonchev–Trinajstić information content (AvgIpc) is 3.16. The minimum Gasteiger partial charge on any atom is -0.368 e. The molecule has 1 aromatic carbocycles. The van der Waals surface area contributed by atoms with E-state index in [1.807, 2.05) is 24.7 Å². The van der Waals surface area contributed by atoms with E-state index < -0.39 is 0 Å². The minimum absolute atomic E-state index is 0.978. The minimum atomic E-state index is 0.978. The van der Waals surface area contributed by atoms with Crippen molar-refractivity contribution in [3.05, 3.63) is 73.3 Å². The quantitative estimate of drug-likeness (QED) is 0.548. The summed E-state index contributed by atoms with van der Waals surface area (Å²) in [6, 6.07) is 17.1. The molecule has 3 aromatic heterocycles. The lowest BCUT2D eigenvalue weighted by Crippen LogP contribution is -2.46. The first-order chi connectivity index (χ1) is 13.8. The number of aryl methyl sites for hydroxylation is 1. The molecule has 0 aliphatic carbocycles. The monoisotopic (exact) mass is 369 g/mol. The van der Waals surface area contributed by atoms with Crippen molar-refractivity contribution in [1.29, 1.82) is 0 Å². The Morgan fingerprint density at radius 2 is 1.57 bits per heavy atom. The Hall–Kier alpha value is -3.34. The molecule has 140 valence electrons. The van der Waals surface area contributed by atoms with Crippen molar-refractivity contribution < 1.29 is 0 Å². The van der Waals surface area contributed by atoms with Crippen LogP contribution in [0.15, 0.2) is 73.3 Å². The first kappa shape index (κ1) is 16.8. The average molecular weight is 369 g/mol. The molecule has 5 heteroatoms. The molecule has 0 spiro atoms. The summed E-state index contributed by atoms with van der Waals surface area (Å²) in [6.07, 6.45) is 7.74. The van der Waals surface area contributed by atoms with Crippen molar-refractivity contribution in [2.24, 2.45) is 7.05 Å². The van der Waals surface area contributed by atoms with E-state index in [1.165, 1.54) is 27.8 Å². The van der Waals surface area contributed by atoms with Gasteiger partial charge in [0.2, 0.25) is 0 Å². The lowest BCUT2D eigenvalue weighted by molar-refractivity contribution is 0.653. The van der Waals surface area contributed by atoms with E-state index in [2.05, 4.69) is 75.1 Å². The van der Waals surface area contributed by atoms with Crippen LogP contribution in [0.5, 0.6) is 0 Å². The summed E-state index contributed by atoms with van der Waals surface area (Å²) in [6.45, 7) is 3.94. The summed E-state index contributed by atoms with van der Waals surface area (Å²) in [5, 5.41) is 1.25. The number of piperazine rings is 1. The van der Waals surface area contributed by atoms with Crippen molar-refractivity contribution in [1.82, 2.24) is 14.5 Å². The Balaban J connectivity index is 1.46. The van der Waals surface area contributed by atoms with Crippen LogP contribution in [0.1, 0.15) is 0 Å². The van der Waals surface area contributed by atoms with Gasteiger partial charge in [-0.1, -0.05) is 12.1 Å². The molecule has 0 atom stereocenters. The summed E-state index contributed by atoms with van der Waals surface area (Å²) < 4.78 is 2.16. The van der Waals surface area contributed by atoms with Gasteiger partial charge in [-0.3, -0.25) is 9.97 Å². The van der Waals surface area contributed by atoms with Gasteiger partial charge in [0.25, 0.3) is 0 Å². The fourth-order valence-electron chi connectivity index (χ4n) is 4.13. The molecule has 1 aliphatic rings. The maximum atomic E-state index is 4.79. The van der Waals surface area contributed by atoms with Gasteiger partial charge in [-0.15, -0.1) is 0 Å². The Bertz CT molecular complexity index is 1090. The maximum absolute atomic E-state index is 4.79. The normalized spacial score (nSPS) is 14.6. The van der Waals surface area contributed by atoms with Crippen LogP contribution < -0.4 is 9.80 Å². The van der Waals surface area contributed by atoms with Gasteiger partial charge in [0, 0.05) is 80.2 Å². The lowest BCUT2D eigenvalue weighted by atomic mass is 10.0. The predicted octanol–water partition coefficient (Wildman–Crippen LogP) is 3.96. The molecule has 5 nitrogen and oxygen atoms in total. The molecule has 0 radical (unpaired) electrons. The van der Waals surface area contributed by atoms with E-state index in [9.17, 15) is 0 Å². The number of rotatable bonds is 3. The highest BCUT2D eigenvalue weighted by atomic mass is 15.3. The Kier molecular flexibility index (Phi) is 4.20. The molecule has 1 aliphatic heterocycles. The molecule has 5 rings (SSSR count). The molecule has 0 N–H and O–H groups in total.